The molecule has 0 fully saturated rings. The van der Waals surface area contributed by atoms with Crippen molar-refractivity contribution in [2.45, 2.75) is 19.1 Å². The molecular weight excluding hydrogens is 546 g/mol. The highest BCUT2D eigenvalue weighted by Crippen LogP contribution is 2.49. The van der Waals surface area contributed by atoms with Crippen LogP contribution in [0.4, 0.5) is 14.6 Å². The lowest BCUT2D eigenvalue weighted by Gasteiger charge is -2.24. The van der Waals surface area contributed by atoms with Crippen LogP contribution < -0.4 is 10.2 Å². The van der Waals surface area contributed by atoms with Crippen LogP contribution in [-0.2, 0) is 14.3 Å². The lowest BCUT2D eigenvalue weighted by atomic mass is 9.99. The maximum atomic E-state index is 15.4. The molecule has 0 bridgehead atoms. The number of carbonyl (C=O) groups is 2. The predicted octanol–water partition coefficient (Wildman–Crippen LogP) is 5.37. The molecule has 1 N–H and O–H groups in total. The van der Waals surface area contributed by atoms with E-state index in [4.69, 9.17) is 9.84 Å². The zero-order valence-electron chi connectivity index (χ0n) is 23.0. The summed E-state index contributed by atoms with van der Waals surface area (Å²) in [6.07, 6.45) is 0. The fraction of sp³-hybridized carbons (Fsp3) is 0.258. The summed E-state index contributed by atoms with van der Waals surface area (Å²) in [7, 11) is 1.54. The van der Waals surface area contributed by atoms with Crippen molar-refractivity contribution in [3.05, 3.63) is 101 Å². The molecule has 0 spiro atoms. The molecule has 1 aromatic heterocycles. The number of hydrogen-bond acceptors (Lipinski definition) is 5. The highest BCUT2D eigenvalue weighted by atomic mass is 32.2. The lowest BCUT2D eigenvalue weighted by molar-refractivity contribution is -0.123. The van der Waals surface area contributed by atoms with Gasteiger partial charge in [-0.25, -0.2) is 13.5 Å². The summed E-state index contributed by atoms with van der Waals surface area (Å²) in [4.78, 5) is 28.2. The Labute approximate surface area is 241 Å². The highest BCUT2D eigenvalue weighted by Gasteiger charge is 2.38. The fourth-order valence-electron chi connectivity index (χ4n) is 4.91. The van der Waals surface area contributed by atoms with Gasteiger partial charge in [-0.15, -0.1) is 11.8 Å². The van der Waals surface area contributed by atoms with Gasteiger partial charge in [0.15, 0.2) is 0 Å². The Kier molecular flexibility index (Phi) is 8.51. The summed E-state index contributed by atoms with van der Waals surface area (Å²) in [5.41, 5.74) is 4.80. The molecule has 1 aliphatic rings. The average Bonchev–Trinajstić information content (AvgIpc) is 3.28. The third-order valence-corrected chi connectivity index (χ3v) is 8.35. The Bertz CT molecular complexity index is 1590. The third kappa shape index (κ3) is 5.75. The summed E-state index contributed by atoms with van der Waals surface area (Å²) >= 11 is 1.23. The van der Waals surface area contributed by atoms with Crippen LogP contribution in [0.15, 0.2) is 66.7 Å². The van der Waals surface area contributed by atoms with Crippen molar-refractivity contribution in [1.82, 2.24) is 15.1 Å². The number of fused-ring (bicyclic) bond motifs is 1. The molecule has 0 saturated carbocycles. The van der Waals surface area contributed by atoms with Crippen molar-refractivity contribution in [2.75, 3.05) is 37.5 Å². The number of carbonyl (C=O) groups excluding carboxylic acids is 2. The van der Waals surface area contributed by atoms with E-state index in [0.29, 0.717) is 23.7 Å². The van der Waals surface area contributed by atoms with Crippen LogP contribution in [0.1, 0.15) is 27.5 Å². The quantitative estimate of drug-likeness (QED) is 0.286. The number of methoxy groups -OCH3 is 1. The second kappa shape index (κ2) is 12.2. The average molecular weight is 577 g/mol. The Balaban J connectivity index is 1.80. The Morgan fingerprint density at radius 2 is 1.88 bits per heavy atom. The van der Waals surface area contributed by atoms with Crippen LogP contribution in [0.25, 0.3) is 16.9 Å². The summed E-state index contributed by atoms with van der Waals surface area (Å²) in [5.74, 6) is -1.75. The van der Waals surface area contributed by atoms with Crippen molar-refractivity contribution in [2.24, 2.45) is 0 Å². The van der Waals surface area contributed by atoms with Gasteiger partial charge in [-0.2, -0.15) is 5.10 Å². The third-order valence-electron chi connectivity index (χ3n) is 7.12. The number of hydrogen-bond donors (Lipinski definition) is 1. The van der Waals surface area contributed by atoms with Crippen molar-refractivity contribution in [3.63, 3.8) is 0 Å². The van der Waals surface area contributed by atoms with Crippen LogP contribution in [0.5, 0.6) is 0 Å². The zero-order valence-corrected chi connectivity index (χ0v) is 23.8. The minimum Gasteiger partial charge on any atom is -0.383 e. The molecular formula is C31H30F2N4O3S. The number of anilines is 1. The summed E-state index contributed by atoms with van der Waals surface area (Å²) < 4.78 is 36.0. The van der Waals surface area contributed by atoms with Crippen LogP contribution in [-0.4, -0.2) is 54.2 Å². The number of nitrogens with one attached hydrogen (secondary N) is 1. The van der Waals surface area contributed by atoms with Gasteiger partial charge in [-0.3, -0.25) is 14.5 Å². The highest BCUT2D eigenvalue weighted by molar-refractivity contribution is 8.00. The van der Waals surface area contributed by atoms with E-state index in [1.807, 2.05) is 62.4 Å². The number of amides is 2. The Morgan fingerprint density at radius 3 is 2.61 bits per heavy atom. The number of aryl methyl sites for hydroxylation is 1. The van der Waals surface area contributed by atoms with Gasteiger partial charge in [0.2, 0.25) is 11.8 Å². The van der Waals surface area contributed by atoms with E-state index in [1.165, 1.54) is 35.9 Å². The van der Waals surface area contributed by atoms with Gasteiger partial charge >= 0.3 is 0 Å². The van der Waals surface area contributed by atoms with Gasteiger partial charge in [0, 0.05) is 36.4 Å². The Morgan fingerprint density at radius 1 is 1.10 bits per heavy atom. The van der Waals surface area contributed by atoms with Crippen molar-refractivity contribution >= 4 is 29.4 Å². The molecule has 41 heavy (non-hydrogen) atoms. The standard InChI is InChI=1S/C31H30F2N4O3S/c1-19-8-7-11-25(20(19)2)37-31-28(29(35-37)21-9-5-4-6-10-21)30(23-13-12-22(32)16-24(23)33)41-18-27(39)36(31)17-26(38)34-14-15-40-3/h4-13,16,30H,14-15,17-18H2,1-3H3,(H,34,38)/t30-/m1/s1. The van der Waals surface area contributed by atoms with Crippen molar-refractivity contribution in [3.8, 4) is 16.9 Å². The monoisotopic (exact) mass is 576 g/mol. The SMILES string of the molecule is COCCNC(=O)CN1C(=O)CS[C@H](c2ccc(F)cc2F)c2c(-c3ccccc3)nn(-c3cccc(C)c3C)c21. The molecule has 1 aliphatic heterocycles. The van der Waals surface area contributed by atoms with Crippen molar-refractivity contribution in [1.29, 1.82) is 0 Å². The van der Waals surface area contributed by atoms with Gasteiger partial charge in [0.05, 0.1) is 29.0 Å². The second-order valence-corrected chi connectivity index (χ2v) is 10.9. The van der Waals surface area contributed by atoms with E-state index in [0.717, 1.165) is 28.4 Å². The van der Waals surface area contributed by atoms with Crippen molar-refractivity contribution < 1.29 is 23.1 Å². The largest absolute Gasteiger partial charge is 0.383 e. The van der Waals surface area contributed by atoms with Crippen LogP contribution in [0.3, 0.4) is 0 Å². The maximum Gasteiger partial charge on any atom is 0.240 e. The minimum atomic E-state index is -0.717. The van der Waals surface area contributed by atoms with E-state index in [2.05, 4.69) is 5.32 Å². The summed E-state index contributed by atoms with van der Waals surface area (Å²) in [6.45, 7) is 4.30. The Hall–Kier alpha value is -4.02. The van der Waals surface area contributed by atoms with Crippen LogP contribution in [0, 0.1) is 25.5 Å². The summed E-state index contributed by atoms with van der Waals surface area (Å²) in [5, 5.41) is 7.11. The number of nitrogens with zero attached hydrogens (tertiary/aromatic N) is 3. The first kappa shape index (κ1) is 28.5. The van der Waals surface area contributed by atoms with Gasteiger partial charge in [-0.05, 0) is 37.1 Å². The predicted molar refractivity (Wildman–Crippen MR) is 156 cm³/mol. The van der Waals surface area contributed by atoms with E-state index >= 15 is 4.39 Å². The van der Waals surface area contributed by atoms with E-state index in [9.17, 15) is 14.0 Å². The maximum absolute atomic E-state index is 15.4. The molecule has 0 radical (unpaired) electrons. The van der Waals surface area contributed by atoms with Gasteiger partial charge in [0.25, 0.3) is 0 Å². The second-order valence-electron chi connectivity index (χ2n) is 9.76. The molecule has 10 heteroatoms. The molecule has 0 unspecified atom stereocenters. The molecule has 0 aliphatic carbocycles. The zero-order chi connectivity index (χ0) is 29.1. The molecule has 0 saturated heterocycles. The number of ether oxygens (including phenoxy) is 1. The van der Waals surface area contributed by atoms with Crippen LogP contribution >= 0.6 is 11.8 Å². The topological polar surface area (TPSA) is 76.5 Å². The smallest absolute Gasteiger partial charge is 0.240 e. The molecule has 5 rings (SSSR count). The molecule has 7 nitrogen and oxygen atoms in total. The molecule has 3 aromatic carbocycles. The van der Waals surface area contributed by atoms with Gasteiger partial charge in [-0.1, -0.05) is 48.5 Å². The lowest BCUT2D eigenvalue weighted by Crippen LogP contribution is -2.43. The van der Waals surface area contributed by atoms with Gasteiger partial charge in [0.1, 0.15) is 24.0 Å². The molecule has 1 atom stereocenters. The molecule has 2 amide bonds. The normalized spacial score (nSPS) is 15.0. The van der Waals surface area contributed by atoms with Crippen LogP contribution in [0.2, 0.25) is 0 Å². The first-order valence-electron chi connectivity index (χ1n) is 13.2. The first-order chi connectivity index (χ1) is 19.8. The van der Waals surface area contributed by atoms with E-state index in [1.54, 1.807) is 4.68 Å². The minimum absolute atomic E-state index is 0.0253. The van der Waals surface area contributed by atoms with E-state index < -0.39 is 16.9 Å². The number of benzene rings is 3. The molecule has 212 valence electrons. The number of rotatable bonds is 8. The number of halogens is 2. The van der Waals surface area contributed by atoms with E-state index in [-0.39, 0.29) is 36.2 Å². The number of aromatic nitrogens is 2. The number of thioether (sulfide) groups is 1. The fourth-order valence-corrected chi connectivity index (χ4v) is 6.13. The van der Waals surface area contributed by atoms with Gasteiger partial charge < -0.3 is 10.1 Å². The molecule has 2 heterocycles. The first-order valence-corrected chi connectivity index (χ1v) is 14.2. The molecule has 4 aromatic rings. The summed E-state index contributed by atoms with van der Waals surface area (Å²) in [6, 6.07) is 18.7.